The first kappa shape index (κ1) is 34.6. The molecule has 0 saturated carbocycles. The zero-order valence-electron chi connectivity index (χ0n) is 29.9. The number of ether oxygens (including phenoxy) is 2. The molecule has 1 aliphatic carbocycles. The number of anilines is 1. The Balaban J connectivity index is 1.61. The summed E-state index contributed by atoms with van der Waals surface area (Å²) >= 11 is 0. The second-order valence-corrected chi connectivity index (χ2v) is 13.4. The number of halogens is 1. The summed E-state index contributed by atoms with van der Waals surface area (Å²) in [7, 11) is 0. The molecule has 0 saturated heterocycles. The van der Waals surface area contributed by atoms with Crippen LogP contribution in [0.25, 0.3) is 0 Å². The fraction of sp³-hybridized carbons (Fsp3) is 0.244. The van der Waals surface area contributed by atoms with Gasteiger partial charge in [0.25, 0.3) is 0 Å². The van der Waals surface area contributed by atoms with Gasteiger partial charge < -0.3 is 19.4 Å². The summed E-state index contributed by atoms with van der Waals surface area (Å²) < 4.78 is 31.7. The van der Waals surface area contributed by atoms with Crippen LogP contribution in [0.1, 0.15) is 84.7 Å². The molecule has 6 nitrogen and oxygen atoms in total. The van der Waals surface area contributed by atoms with E-state index < -0.39 is 17.4 Å². The SMILES string of the molecule is CCOc1cc(OC(C)C)c(F)c(C(Nc2ccc(C#N)cc2)c2nc3c(n2C(c2ccccc2)(c2ccccc2)c2ccccc2)CCCC3)c1. The summed E-state index contributed by atoms with van der Waals surface area (Å²) in [6, 6.07) is 43.6. The van der Waals surface area contributed by atoms with Crippen LogP contribution in [0.2, 0.25) is 0 Å². The molecule has 7 rings (SSSR count). The van der Waals surface area contributed by atoms with E-state index in [-0.39, 0.29) is 11.9 Å². The monoisotopic (exact) mass is 690 g/mol. The summed E-state index contributed by atoms with van der Waals surface area (Å²) in [5.41, 5.74) is 6.03. The molecule has 0 aliphatic heterocycles. The predicted octanol–water partition coefficient (Wildman–Crippen LogP) is 10.0. The van der Waals surface area contributed by atoms with E-state index in [4.69, 9.17) is 14.5 Å². The van der Waals surface area contributed by atoms with Crippen molar-refractivity contribution in [2.75, 3.05) is 11.9 Å². The van der Waals surface area contributed by atoms with Gasteiger partial charge in [0.1, 0.15) is 23.2 Å². The van der Waals surface area contributed by atoms with Crippen LogP contribution in [0.3, 0.4) is 0 Å². The van der Waals surface area contributed by atoms with Gasteiger partial charge in [-0.2, -0.15) is 5.26 Å². The Hall–Kier alpha value is -5.87. The Bertz CT molecular complexity index is 2060. The van der Waals surface area contributed by atoms with E-state index in [0.29, 0.717) is 35.0 Å². The Morgan fingerprint density at radius 2 is 1.40 bits per heavy atom. The minimum Gasteiger partial charge on any atom is -0.494 e. The molecule has 1 unspecified atom stereocenters. The molecule has 1 atom stereocenters. The number of nitrogens with one attached hydrogen (secondary N) is 1. The molecule has 6 aromatic rings. The van der Waals surface area contributed by atoms with Gasteiger partial charge in [-0.25, -0.2) is 9.37 Å². The van der Waals surface area contributed by atoms with Gasteiger partial charge in [-0.3, -0.25) is 0 Å². The molecule has 52 heavy (non-hydrogen) atoms. The number of aryl methyl sites for hydroxylation is 1. The Morgan fingerprint density at radius 3 is 1.94 bits per heavy atom. The van der Waals surface area contributed by atoms with Crippen molar-refractivity contribution in [3.63, 3.8) is 0 Å². The quantitative estimate of drug-likeness (QED) is 0.130. The standard InChI is InChI=1S/C45H43FN4O2/c1-4-51-37-28-38(42(46)41(29-37)52-31(2)3)43(48-36-26-24-32(30-47)25-27-36)44-49-39-22-14-15-23-40(39)50(44)45(33-16-8-5-9-17-33,34-18-10-6-11-19-34)35-20-12-7-13-21-35/h5-13,16-21,24-29,31,43,48H,4,14-15,22-23H2,1-3H3. The van der Waals surface area contributed by atoms with E-state index in [0.717, 1.165) is 53.8 Å². The number of fused-ring (bicyclic) bond motifs is 1. The van der Waals surface area contributed by atoms with E-state index >= 15 is 4.39 Å². The molecule has 1 aliphatic rings. The number of imidazole rings is 1. The molecule has 7 heteroatoms. The van der Waals surface area contributed by atoms with Gasteiger partial charge in [-0.15, -0.1) is 0 Å². The van der Waals surface area contributed by atoms with Crippen LogP contribution in [-0.2, 0) is 18.4 Å². The summed E-state index contributed by atoms with van der Waals surface area (Å²) in [4.78, 5) is 5.51. The molecule has 5 aromatic carbocycles. The molecule has 0 fully saturated rings. The normalized spacial score (nSPS) is 13.2. The van der Waals surface area contributed by atoms with Crippen molar-refractivity contribution in [3.05, 3.63) is 178 Å². The molecule has 0 spiro atoms. The maximum Gasteiger partial charge on any atom is 0.171 e. The van der Waals surface area contributed by atoms with Gasteiger partial charge in [-0.1, -0.05) is 91.0 Å². The topological polar surface area (TPSA) is 72.1 Å². The fourth-order valence-corrected chi connectivity index (χ4v) is 7.54. The van der Waals surface area contributed by atoms with E-state index in [2.05, 4.69) is 88.7 Å². The largest absolute Gasteiger partial charge is 0.494 e. The minimum atomic E-state index is -0.882. The molecule has 1 heterocycles. The summed E-state index contributed by atoms with van der Waals surface area (Å²) in [6.45, 7) is 6.08. The molecule has 0 bridgehead atoms. The van der Waals surface area contributed by atoms with Crippen molar-refractivity contribution in [3.8, 4) is 17.6 Å². The highest BCUT2D eigenvalue weighted by atomic mass is 19.1. The number of nitrogens with zero attached hydrogens (tertiary/aromatic N) is 3. The van der Waals surface area contributed by atoms with E-state index in [1.807, 2.05) is 51.1 Å². The second kappa shape index (κ2) is 15.2. The zero-order chi connectivity index (χ0) is 36.1. The maximum absolute atomic E-state index is 17.2. The predicted molar refractivity (Wildman–Crippen MR) is 203 cm³/mol. The van der Waals surface area contributed by atoms with Crippen LogP contribution in [0.5, 0.6) is 11.5 Å². The first-order valence-electron chi connectivity index (χ1n) is 18.1. The lowest BCUT2D eigenvalue weighted by molar-refractivity contribution is 0.228. The molecular formula is C45H43FN4O2. The number of hydrogen-bond acceptors (Lipinski definition) is 5. The summed E-state index contributed by atoms with van der Waals surface area (Å²) in [5.74, 6) is 0.798. The minimum absolute atomic E-state index is 0.117. The maximum atomic E-state index is 17.2. The second-order valence-electron chi connectivity index (χ2n) is 13.4. The highest BCUT2D eigenvalue weighted by Crippen LogP contribution is 2.47. The van der Waals surface area contributed by atoms with Crippen molar-refractivity contribution >= 4 is 5.69 Å². The average molecular weight is 691 g/mol. The first-order valence-corrected chi connectivity index (χ1v) is 18.1. The Kier molecular flexibility index (Phi) is 10.1. The number of hydrogen-bond donors (Lipinski definition) is 1. The highest BCUT2D eigenvalue weighted by Gasteiger charge is 2.44. The fourth-order valence-electron chi connectivity index (χ4n) is 7.54. The summed E-state index contributed by atoms with van der Waals surface area (Å²) in [6.07, 6.45) is 3.41. The van der Waals surface area contributed by atoms with Crippen LogP contribution in [-0.4, -0.2) is 22.3 Å². The van der Waals surface area contributed by atoms with Crippen molar-refractivity contribution in [1.82, 2.24) is 9.55 Å². The van der Waals surface area contributed by atoms with E-state index in [9.17, 15) is 5.26 Å². The Morgan fingerprint density at radius 1 is 0.827 bits per heavy atom. The van der Waals surface area contributed by atoms with E-state index in [1.165, 1.54) is 0 Å². The van der Waals surface area contributed by atoms with Gasteiger partial charge in [0.2, 0.25) is 0 Å². The van der Waals surface area contributed by atoms with Crippen molar-refractivity contribution in [2.45, 2.75) is 64.1 Å². The third kappa shape index (κ3) is 6.53. The van der Waals surface area contributed by atoms with Gasteiger partial charge in [0.15, 0.2) is 11.6 Å². The van der Waals surface area contributed by atoms with Crippen LogP contribution < -0.4 is 14.8 Å². The lowest BCUT2D eigenvalue weighted by Crippen LogP contribution is -2.41. The summed E-state index contributed by atoms with van der Waals surface area (Å²) in [5, 5.41) is 13.3. The third-order valence-corrected chi connectivity index (χ3v) is 9.68. The zero-order valence-corrected chi connectivity index (χ0v) is 29.9. The molecule has 0 radical (unpaired) electrons. The molecular weight excluding hydrogens is 648 g/mol. The lowest BCUT2D eigenvalue weighted by atomic mass is 9.75. The van der Waals surface area contributed by atoms with Gasteiger partial charge in [-0.05, 0) is 93.5 Å². The molecule has 262 valence electrons. The number of aromatic nitrogens is 2. The van der Waals surface area contributed by atoms with Crippen molar-refractivity contribution < 1.29 is 13.9 Å². The van der Waals surface area contributed by atoms with Gasteiger partial charge in [0, 0.05) is 23.0 Å². The first-order chi connectivity index (χ1) is 25.4. The van der Waals surface area contributed by atoms with Gasteiger partial charge >= 0.3 is 0 Å². The van der Waals surface area contributed by atoms with Crippen LogP contribution >= 0.6 is 0 Å². The smallest absolute Gasteiger partial charge is 0.171 e. The van der Waals surface area contributed by atoms with Crippen LogP contribution in [0.15, 0.2) is 127 Å². The van der Waals surface area contributed by atoms with E-state index in [1.54, 1.807) is 24.3 Å². The van der Waals surface area contributed by atoms with Crippen LogP contribution in [0.4, 0.5) is 10.1 Å². The van der Waals surface area contributed by atoms with Crippen LogP contribution in [0, 0.1) is 17.1 Å². The lowest BCUT2D eigenvalue weighted by Gasteiger charge is -2.41. The highest BCUT2D eigenvalue weighted by molar-refractivity contribution is 5.57. The molecule has 0 amide bonds. The molecule has 1 aromatic heterocycles. The number of nitriles is 1. The third-order valence-electron chi connectivity index (χ3n) is 9.68. The number of benzene rings is 5. The molecule has 1 N–H and O–H groups in total. The number of rotatable bonds is 12. The Labute approximate surface area is 305 Å². The average Bonchev–Trinajstić information content (AvgIpc) is 3.56. The van der Waals surface area contributed by atoms with Crippen molar-refractivity contribution in [1.29, 1.82) is 5.26 Å². The van der Waals surface area contributed by atoms with Crippen molar-refractivity contribution in [2.24, 2.45) is 0 Å². The van der Waals surface area contributed by atoms with Gasteiger partial charge in [0.05, 0.1) is 30.0 Å².